The number of aliphatic hydroxyl groups excluding tert-OH is 2. The Bertz CT molecular complexity index is 244. The van der Waals surface area contributed by atoms with E-state index in [0.717, 1.165) is 12.8 Å². The third-order valence-corrected chi connectivity index (χ3v) is 3.25. The Balaban J connectivity index is 2.55. The summed E-state index contributed by atoms with van der Waals surface area (Å²) in [5.74, 6) is 0.680. The van der Waals surface area contributed by atoms with E-state index >= 15 is 0 Å². The highest BCUT2D eigenvalue weighted by molar-refractivity contribution is 5.17. The van der Waals surface area contributed by atoms with E-state index in [4.69, 9.17) is 9.84 Å². The first-order valence-corrected chi connectivity index (χ1v) is 6.11. The molecule has 1 aliphatic carbocycles. The minimum absolute atomic E-state index is 0.134. The van der Waals surface area contributed by atoms with E-state index in [1.165, 1.54) is 17.6 Å². The Morgan fingerprint density at radius 3 is 2.75 bits per heavy atom. The van der Waals surface area contributed by atoms with E-state index in [0.29, 0.717) is 5.92 Å². The minimum atomic E-state index is -0.754. The van der Waals surface area contributed by atoms with Crippen LogP contribution in [0.1, 0.15) is 40.0 Å². The van der Waals surface area contributed by atoms with Crippen LogP contribution in [0.15, 0.2) is 11.1 Å². The average molecular weight is 228 g/mol. The van der Waals surface area contributed by atoms with Crippen LogP contribution in [-0.2, 0) is 4.74 Å². The van der Waals surface area contributed by atoms with E-state index < -0.39 is 6.10 Å². The van der Waals surface area contributed by atoms with Gasteiger partial charge in [0.2, 0.25) is 0 Å². The molecule has 1 aliphatic rings. The van der Waals surface area contributed by atoms with Crippen molar-refractivity contribution in [1.82, 2.24) is 0 Å². The summed E-state index contributed by atoms with van der Waals surface area (Å²) in [5.41, 5.74) is 2.71. The van der Waals surface area contributed by atoms with E-state index in [2.05, 4.69) is 20.8 Å². The lowest BCUT2D eigenvalue weighted by Crippen LogP contribution is -2.29. The molecule has 0 spiro atoms. The van der Waals surface area contributed by atoms with E-state index in [-0.39, 0.29) is 19.3 Å². The second kappa shape index (κ2) is 6.38. The molecule has 0 aromatic carbocycles. The van der Waals surface area contributed by atoms with Crippen LogP contribution in [0.3, 0.4) is 0 Å². The molecule has 2 N–H and O–H groups in total. The smallest absolute Gasteiger partial charge is 0.100 e. The number of aliphatic hydroxyl groups is 2. The molecule has 0 saturated heterocycles. The topological polar surface area (TPSA) is 49.7 Å². The monoisotopic (exact) mass is 228 g/mol. The van der Waals surface area contributed by atoms with Crippen LogP contribution < -0.4 is 0 Å². The zero-order valence-corrected chi connectivity index (χ0v) is 10.6. The van der Waals surface area contributed by atoms with Gasteiger partial charge in [-0.2, -0.15) is 0 Å². The van der Waals surface area contributed by atoms with Crippen LogP contribution in [0, 0.1) is 5.92 Å². The van der Waals surface area contributed by atoms with Crippen molar-refractivity contribution in [3.05, 3.63) is 11.1 Å². The Labute approximate surface area is 98.1 Å². The molecule has 94 valence electrons. The van der Waals surface area contributed by atoms with Crippen LogP contribution in [0.25, 0.3) is 0 Å². The van der Waals surface area contributed by atoms with Crippen molar-refractivity contribution in [3.63, 3.8) is 0 Å². The van der Waals surface area contributed by atoms with Crippen molar-refractivity contribution >= 4 is 0 Å². The lowest BCUT2D eigenvalue weighted by Gasteiger charge is -2.31. The van der Waals surface area contributed by atoms with Crippen molar-refractivity contribution in [1.29, 1.82) is 0 Å². The minimum Gasteiger partial charge on any atom is -0.394 e. The molecule has 0 amide bonds. The maximum absolute atomic E-state index is 9.29. The van der Waals surface area contributed by atoms with Gasteiger partial charge in [0.1, 0.15) is 6.10 Å². The maximum Gasteiger partial charge on any atom is 0.100 e. The van der Waals surface area contributed by atoms with Crippen LogP contribution in [0.4, 0.5) is 0 Å². The molecule has 1 saturated carbocycles. The van der Waals surface area contributed by atoms with Crippen molar-refractivity contribution in [2.75, 3.05) is 13.2 Å². The predicted octanol–water partition coefficient (Wildman–Crippen LogP) is 1.88. The molecule has 3 atom stereocenters. The largest absolute Gasteiger partial charge is 0.394 e. The van der Waals surface area contributed by atoms with Crippen LogP contribution in [0.5, 0.6) is 0 Å². The van der Waals surface area contributed by atoms with Gasteiger partial charge in [0, 0.05) is 0 Å². The molecule has 0 bridgehead atoms. The van der Waals surface area contributed by atoms with E-state index in [1.807, 2.05) is 0 Å². The van der Waals surface area contributed by atoms with Crippen LogP contribution in [0.2, 0.25) is 0 Å². The number of allylic oxidation sites excluding steroid dienone is 1. The molecule has 0 aliphatic heterocycles. The Hall–Kier alpha value is -0.380. The molecule has 0 aromatic heterocycles. The molecular weight excluding hydrogens is 204 g/mol. The molecule has 0 radical (unpaired) electrons. The van der Waals surface area contributed by atoms with Gasteiger partial charge in [-0.05, 0) is 44.6 Å². The van der Waals surface area contributed by atoms with Crippen molar-refractivity contribution in [2.45, 2.75) is 52.2 Å². The molecule has 16 heavy (non-hydrogen) atoms. The van der Waals surface area contributed by atoms with Crippen molar-refractivity contribution in [3.8, 4) is 0 Å². The highest BCUT2D eigenvalue weighted by atomic mass is 16.5. The zero-order valence-electron chi connectivity index (χ0n) is 10.6. The summed E-state index contributed by atoms with van der Waals surface area (Å²) >= 11 is 0. The zero-order chi connectivity index (χ0) is 12.1. The first kappa shape index (κ1) is 13.7. The predicted molar refractivity (Wildman–Crippen MR) is 64.2 cm³/mol. The van der Waals surface area contributed by atoms with Gasteiger partial charge in [0.25, 0.3) is 0 Å². The lowest BCUT2D eigenvalue weighted by molar-refractivity contribution is -0.0286. The normalized spacial score (nSPS) is 27.9. The number of ether oxygens (including phenoxy) is 1. The molecule has 1 fully saturated rings. The van der Waals surface area contributed by atoms with Gasteiger partial charge in [-0.25, -0.2) is 0 Å². The molecule has 0 heterocycles. The fourth-order valence-electron chi connectivity index (χ4n) is 2.21. The second-order valence-corrected chi connectivity index (χ2v) is 5.06. The quantitative estimate of drug-likeness (QED) is 0.722. The summed E-state index contributed by atoms with van der Waals surface area (Å²) in [4.78, 5) is 0. The maximum atomic E-state index is 9.29. The van der Waals surface area contributed by atoms with Crippen molar-refractivity contribution in [2.24, 2.45) is 5.92 Å². The van der Waals surface area contributed by atoms with Crippen LogP contribution >= 0.6 is 0 Å². The lowest BCUT2D eigenvalue weighted by atomic mass is 9.83. The first-order chi connectivity index (χ1) is 7.54. The van der Waals surface area contributed by atoms with Gasteiger partial charge in [-0.1, -0.05) is 12.5 Å². The number of rotatable bonds is 4. The van der Waals surface area contributed by atoms with Gasteiger partial charge in [0.15, 0.2) is 0 Å². The fourth-order valence-corrected chi connectivity index (χ4v) is 2.21. The number of hydrogen-bond acceptors (Lipinski definition) is 3. The van der Waals surface area contributed by atoms with Gasteiger partial charge in [-0.15, -0.1) is 0 Å². The highest BCUT2D eigenvalue weighted by Gasteiger charge is 2.25. The van der Waals surface area contributed by atoms with Gasteiger partial charge >= 0.3 is 0 Å². The molecule has 3 nitrogen and oxygen atoms in total. The average Bonchev–Trinajstić information content (AvgIpc) is 2.25. The highest BCUT2D eigenvalue weighted by Crippen LogP contribution is 2.32. The van der Waals surface area contributed by atoms with E-state index in [1.54, 1.807) is 0 Å². The SMILES string of the molecule is CC(C)=C1CCC(C)CC1OCC(O)CO. The Morgan fingerprint density at radius 1 is 1.50 bits per heavy atom. The third-order valence-electron chi connectivity index (χ3n) is 3.25. The number of hydrogen-bond donors (Lipinski definition) is 2. The Kier molecular flexibility index (Phi) is 5.46. The fraction of sp³-hybridized carbons (Fsp3) is 0.846. The first-order valence-electron chi connectivity index (χ1n) is 6.11. The molecule has 1 rings (SSSR count). The summed E-state index contributed by atoms with van der Waals surface area (Å²) in [7, 11) is 0. The molecule has 3 heteroatoms. The summed E-state index contributed by atoms with van der Waals surface area (Å²) in [5, 5.41) is 18.0. The standard InChI is InChI=1S/C13H24O3/c1-9(2)12-5-4-10(3)6-13(12)16-8-11(15)7-14/h10-11,13-15H,4-8H2,1-3H3. The van der Waals surface area contributed by atoms with Gasteiger partial charge in [0.05, 0.1) is 19.3 Å². The van der Waals surface area contributed by atoms with E-state index in [9.17, 15) is 5.11 Å². The van der Waals surface area contributed by atoms with Gasteiger partial charge < -0.3 is 14.9 Å². The summed E-state index contributed by atoms with van der Waals surface area (Å²) in [6.07, 6.45) is 2.73. The third kappa shape index (κ3) is 3.89. The summed E-state index contributed by atoms with van der Waals surface area (Å²) < 4.78 is 5.71. The summed E-state index contributed by atoms with van der Waals surface area (Å²) in [6, 6.07) is 0. The Morgan fingerprint density at radius 2 is 2.19 bits per heavy atom. The van der Waals surface area contributed by atoms with Gasteiger partial charge in [-0.3, -0.25) is 0 Å². The molecule has 3 unspecified atom stereocenters. The molecule has 0 aromatic rings. The van der Waals surface area contributed by atoms with Crippen LogP contribution in [-0.4, -0.2) is 35.6 Å². The summed E-state index contributed by atoms with van der Waals surface area (Å²) in [6.45, 7) is 6.46. The second-order valence-electron chi connectivity index (χ2n) is 5.06. The van der Waals surface area contributed by atoms with Crippen molar-refractivity contribution < 1.29 is 14.9 Å². The molecular formula is C13H24O3.